The number of aromatic nitrogens is 2. The van der Waals surface area contributed by atoms with Gasteiger partial charge in [0.2, 0.25) is 5.91 Å². The number of nitrogens with one attached hydrogen (secondary N) is 2. The van der Waals surface area contributed by atoms with E-state index >= 15 is 0 Å². The molecule has 1 aliphatic carbocycles. The monoisotopic (exact) mass is 434 g/mol. The molecule has 2 N–H and O–H groups in total. The highest BCUT2D eigenvalue weighted by atomic mass is 16.5. The second kappa shape index (κ2) is 9.64. The molecule has 0 atom stereocenters. The van der Waals surface area contributed by atoms with Crippen molar-refractivity contribution in [2.75, 3.05) is 17.2 Å². The van der Waals surface area contributed by atoms with Gasteiger partial charge in [0.25, 0.3) is 0 Å². The van der Waals surface area contributed by atoms with E-state index in [2.05, 4.69) is 15.6 Å². The lowest BCUT2D eigenvalue weighted by Gasteiger charge is -2.17. The molecule has 166 valence electrons. The smallest absolute Gasteiger partial charge is 0.350 e. The maximum absolute atomic E-state index is 12.8. The van der Waals surface area contributed by atoms with Crippen molar-refractivity contribution in [1.82, 2.24) is 9.55 Å². The van der Waals surface area contributed by atoms with Gasteiger partial charge in [-0.15, -0.1) is 0 Å². The minimum Gasteiger partial charge on any atom is -0.462 e. The Kier molecular flexibility index (Phi) is 6.49. The largest absolute Gasteiger partial charge is 0.462 e. The van der Waals surface area contributed by atoms with Crippen LogP contribution in [0.2, 0.25) is 0 Å². The number of rotatable bonds is 7. The lowest BCUT2D eigenvalue weighted by atomic mass is 10.2. The van der Waals surface area contributed by atoms with Gasteiger partial charge < -0.3 is 15.4 Å². The standard InChI is InChI=1S/C24H26N4O4/c1-2-32-23(30)16-11-13-18(14-12-16)25-21(29)15-28-20-10-6-5-9-19(20)22(27-24(28)31)26-17-7-3-4-8-17/h5-6,9-14,17H,2-4,7-8,15H2,1H3,(H,25,29)(H,26,27,31). The Morgan fingerprint density at radius 2 is 1.81 bits per heavy atom. The molecule has 32 heavy (non-hydrogen) atoms. The quantitative estimate of drug-likeness (QED) is 0.551. The van der Waals surface area contributed by atoms with Crippen LogP contribution in [-0.4, -0.2) is 34.1 Å². The van der Waals surface area contributed by atoms with Gasteiger partial charge in [0, 0.05) is 17.1 Å². The van der Waals surface area contributed by atoms with E-state index in [1.807, 2.05) is 24.3 Å². The van der Waals surface area contributed by atoms with Crippen LogP contribution in [-0.2, 0) is 16.1 Å². The molecule has 1 aromatic heterocycles. The molecule has 0 unspecified atom stereocenters. The van der Waals surface area contributed by atoms with E-state index in [1.54, 1.807) is 31.2 Å². The van der Waals surface area contributed by atoms with Gasteiger partial charge in [0.1, 0.15) is 12.4 Å². The number of hydrogen-bond acceptors (Lipinski definition) is 6. The van der Waals surface area contributed by atoms with Gasteiger partial charge in [0.05, 0.1) is 17.7 Å². The van der Waals surface area contributed by atoms with Crippen molar-refractivity contribution in [2.45, 2.75) is 45.2 Å². The van der Waals surface area contributed by atoms with Crippen molar-refractivity contribution >= 4 is 34.3 Å². The number of nitrogens with zero attached hydrogens (tertiary/aromatic N) is 2. The number of anilines is 2. The Balaban J connectivity index is 1.52. The summed E-state index contributed by atoms with van der Waals surface area (Å²) < 4.78 is 6.33. The van der Waals surface area contributed by atoms with E-state index in [-0.39, 0.29) is 12.5 Å². The SMILES string of the molecule is CCOC(=O)c1ccc(NC(=O)Cn2c(=O)nc(NC3CCCC3)c3ccccc32)cc1. The molecule has 8 heteroatoms. The summed E-state index contributed by atoms with van der Waals surface area (Å²) in [5.74, 6) is -0.205. The van der Waals surface area contributed by atoms with Crippen molar-refractivity contribution in [2.24, 2.45) is 0 Å². The first-order chi connectivity index (χ1) is 15.5. The van der Waals surface area contributed by atoms with E-state index in [0.717, 1.165) is 18.2 Å². The van der Waals surface area contributed by atoms with E-state index < -0.39 is 11.7 Å². The molecule has 0 radical (unpaired) electrons. The van der Waals surface area contributed by atoms with E-state index in [4.69, 9.17) is 4.74 Å². The fourth-order valence-electron chi connectivity index (χ4n) is 4.00. The lowest BCUT2D eigenvalue weighted by Crippen LogP contribution is -2.31. The molecule has 8 nitrogen and oxygen atoms in total. The highest BCUT2D eigenvalue weighted by Crippen LogP contribution is 2.25. The molecule has 3 aromatic rings. The zero-order chi connectivity index (χ0) is 22.5. The number of fused-ring (bicyclic) bond motifs is 1. The van der Waals surface area contributed by atoms with Crippen molar-refractivity contribution in [3.8, 4) is 0 Å². The van der Waals surface area contributed by atoms with Gasteiger partial charge in [0.15, 0.2) is 0 Å². The second-order valence-electron chi connectivity index (χ2n) is 7.82. The lowest BCUT2D eigenvalue weighted by molar-refractivity contribution is -0.116. The van der Waals surface area contributed by atoms with Crippen LogP contribution in [0, 0.1) is 0 Å². The molecule has 1 amide bonds. The maximum Gasteiger partial charge on any atom is 0.350 e. The summed E-state index contributed by atoms with van der Waals surface area (Å²) in [6.07, 6.45) is 4.48. The van der Waals surface area contributed by atoms with Crippen LogP contribution in [0.3, 0.4) is 0 Å². The first-order valence-electron chi connectivity index (χ1n) is 10.9. The third kappa shape index (κ3) is 4.80. The first-order valence-corrected chi connectivity index (χ1v) is 10.9. The number of para-hydroxylation sites is 1. The molecule has 4 rings (SSSR count). The number of benzene rings is 2. The van der Waals surface area contributed by atoms with Crippen LogP contribution in [0.25, 0.3) is 10.9 Å². The topological polar surface area (TPSA) is 102 Å². The molecule has 1 saturated carbocycles. The minimum atomic E-state index is -0.475. The van der Waals surface area contributed by atoms with Crippen LogP contribution >= 0.6 is 0 Å². The average Bonchev–Trinajstić information content (AvgIpc) is 3.30. The van der Waals surface area contributed by atoms with Crippen molar-refractivity contribution < 1.29 is 14.3 Å². The van der Waals surface area contributed by atoms with Gasteiger partial charge in [-0.1, -0.05) is 25.0 Å². The minimum absolute atomic E-state index is 0.171. The predicted octanol–water partition coefficient (Wildman–Crippen LogP) is 3.57. The van der Waals surface area contributed by atoms with Crippen LogP contribution < -0.4 is 16.3 Å². The maximum atomic E-state index is 12.8. The number of carbonyl (C=O) groups is 2. The van der Waals surface area contributed by atoms with Crippen molar-refractivity contribution in [3.05, 3.63) is 64.6 Å². The highest BCUT2D eigenvalue weighted by molar-refractivity contribution is 5.94. The fraction of sp³-hybridized carbons (Fsp3) is 0.333. The Hall–Kier alpha value is -3.68. The number of amides is 1. The summed E-state index contributed by atoms with van der Waals surface area (Å²) >= 11 is 0. The number of ether oxygens (including phenoxy) is 1. The normalized spacial score (nSPS) is 13.8. The highest BCUT2D eigenvalue weighted by Gasteiger charge is 2.19. The zero-order valence-electron chi connectivity index (χ0n) is 18.0. The summed E-state index contributed by atoms with van der Waals surface area (Å²) in [6.45, 7) is 1.86. The predicted molar refractivity (Wildman–Crippen MR) is 123 cm³/mol. The molecule has 2 aromatic carbocycles. The Morgan fingerprint density at radius 3 is 2.53 bits per heavy atom. The molecule has 1 heterocycles. The first kappa shape index (κ1) is 21.5. The van der Waals surface area contributed by atoms with Crippen LogP contribution in [0.5, 0.6) is 0 Å². The molecular weight excluding hydrogens is 408 g/mol. The fourth-order valence-corrected chi connectivity index (χ4v) is 4.00. The average molecular weight is 434 g/mol. The summed E-state index contributed by atoms with van der Waals surface area (Å²) in [5, 5.41) is 6.98. The molecule has 0 spiro atoms. The van der Waals surface area contributed by atoms with Crippen LogP contribution in [0.1, 0.15) is 43.0 Å². The Labute approximate surface area is 185 Å². The molecule has 0 bridgehead atoms. The van der Waals surface area contributed by atoms with Gasteiger partial charge in [-0.3, -0.25) is 9.36 Å². The summed E-state index contributed by atoms with van der Waals surface area (Å²) in [7, 11) is 0. The van der Waals surface area contributed by atoms with Gasteiger partial charge in [-0.2, -0.15) is 4.98 Å². The number of esters is 1. The molecule has 1 aliphatic rings. The zero-order valence-corrected chi connectivity index (χ0v) is 18.0. The van der Waals surface area contributed by atoms with Gasteiger partial charge in [-0.25, -0.2) is 9.59 Å². The van der Waals surface area contributed by atoms with Gasteiger partial charge in [-0.05, 0) is 56.2 Å². The van der Waals surface area contributed by atoms with E-state index in [1.165, 1.54) is 17.4 Å². The number of carbonyl (C=O) groups excluding carboxylic acids is 2. The Bertz CT molecular complexity index is 1180. The number of hydrogen-bond donors (Lipinski definition) is 2. The van der Waals surface area contributed by atoms with Crippen LogP contribution in [0.4, 0.5) is 11.5 Å². The summed E-state index contributed by atoms with van der Waals surface area (Å²) in [5.41, 5.74) is 1.10. The molecule has 1 fully saturated rings. The summed E-state index contributed by atoms with van der Waals surface area (Å²) in [6, 6.07) is 14.2. The third-order valence-electron chi connectivity index (χ3n) is 5.57. The van der Waals surface area contributed by atoms with Crippen LogP contribution in [0.15, 0.2) is 53.3 Å². The Morgan fingerprint density at radius 1 is 1.09 bits per heavy atom. The van der Waals surface area contributed by atoms with E-state index in [0.29, 0.717) is 35.2 Å². The van der Waals surface area contributed by atoms with E-state index in [9.17, 15) is 14.4 Å². The second-order valence-corrected chi connectivity index (χ2v) is 7.82. The molecule has 0 aliphatic heterocycles. The van der Waals surface area contributed by atoms with Crippen molar-refractivity contribution in [1.29, 1.82) is 0 Å². The molecule has 0 saturated heterocycles. The summed E-state index contributed by atoms with van der Waals surface area (Å²) in [4.78, 5) is 41.4. The third-order valence-corrected chi connectivity index (χ3v) is 5.57. The van der Waals surface area contributed by atoms with Crippen molar-refractivity contribution in [3.63, 3.8) is 0 Å². The molecular formula is C24H26N4O4. The van der Waals surface area contributed by atoms with Gasteiger partial charge >= 0.3 is 11.7 Å².